The first-order valence-electron chi connectivity index (χ1n) is 6.58. The number of fused-ring (bicyclic) bond motifs is 1. The number of aliphatic hydroxyl groups is 1. The Bertz CT molecular complexity index is 448. The molecule has 19 heavy (non-hydrogen) atoms. The molecule has 0 spiro atoms. The van der Waals surface area contributed by atoms with Crippen molar-refractivity contribution in [2.75, 3.05) is 38.3 Å². The van der Waals surface area contributed by atoms with Crippen LogP contribution in [0.25, 0.3) is 0 Å². The molecule has 2 rings (SSSR count). The number of rotatable bonds is 6. The van der Waals surface area contributed by atoms with Crippen molar-refractivity contribution in [1.29, 1.82) is 0 Å². The number of hydrogen-bond donors (Lipinski definition) is 2. The van der Waals surface area contributed by atoms with Crippen LogP contribution >= 0.6 is 0 Å². The van der Waals surface area contributed by atoms with Crippen LogP contribution in [0.3, 0.4) is 0 Å². The number of likely N-dealkylation sites (N-methyl/N-ethyl adjacent to an activating group) is 1. The van der Waals surface area contributed by atoms with Crippen LogP contribution in [0.4, 0.5) is 5.69 Å². The first-order chi connectivity index (χ1) is 9.26. The van der Waals surface area contributed by atoms with Gasteiger partial charge in [0.15, 0.2) is 6.61 Å². The van der Waals surface area contributed by atoms with Gasteiger partial charge in [0.25, 0.3) is 5.91 Å². The summed E-state index contributed by atoms with van der Waals surface area (Å²) >= 11 is 0. The van der Waals surface area contributed by atoms with Gasteiger partial charge in [-0.25, -0.2) is 0 Å². The summed E-state index contributed by atoms with van der Waals surface area (Å²) in [6.07, 6.45) is 1.48. The lowest BCUT2D eigenvalue weighted by Gasteiger charge is -2.29. The Morgan fingerprint density at radius 2 is 2.32 bits per heavy atom. The van der Waals surface area contributed by atoms with Gasteiger partial charge in [-0.05, 0) is 44.1 Å². The average Bonchev–Trinajstić information content (AvgIpc) is 2.44. The van der Waals surface area contributed by atoms with Gasteiger partial charge in [0.1, 0.15) is 5.75 Å². The Kier molecular flexibility index (Phi) is 4.76. The maximum Gasteiger partial charge on any atom is 0.265 e. The molecule has 0 saturated heterocycles. The van der Waals surface area contributed by atoms with Gasteiger partial charge in [-0.3, -0.25) is 4.79 Å². The molecule has 1 aliphatic heterocycles. The number of anilines is 1. The van der Waals surface area contributed by atoms with E-state index in [0.717, 1.165) is 24.4 Å². The van der Waals surface area contributed by atoms with E-state index in [9.17, 15) is 4.79 Å². The lowest BCUT2D eigenvalue weighted by atomic mass is 10.1. The standard InChI is InChI=1S/C14H20N2O3/c1-15-6-5-11-3-4-13-12(9-11)16(7-2-8-17)14(18)10-19-13/h3-4,9,15,17H,2,5-8,10H2,1H3. The minimum atomic E-state index is -0.0493. The van der Waals surface area contributed by atoms with Crippen molar-refractivity contribution in [1.82, 2.24) is 5.32 Å². The zero-order valence-corrected chi connectivity index (χ0v) is 11.2. The van der Waals surface area contributed by atoms with Crippen molar-refractivity contribution in [3.8, 4) is 5.75 Å². The summed E-state index contributed by atoms with van der Waals surface area (Å²) in [5.41, 5.74) is 1.98. The second-order valence-corrected chi connectivity index (χ2v) is 4.57. The van der Waals surface area contributed by atoms with E-state index in [4.69, 9.17) is 9.84 Å². The lowest BCUT2D eigenvalue weighted by molar-refractivity contribution is -0.121. The van der Waals surface area contributed by atoms with Crippen LogP contribution in [0.5, 0.6) is 5.75 Å². The van der Waals surface area contributed by atoms with Crippen molar-refractivity contribution >= 4 is 11.6 Å². The van der Waals surface area contributed by atoms with Gasteiger partial charge in [-0.2, -0.15) is 0 Å². The number of carbonyl (C=O) groups is 1. The third kappa shape index (κ3) is 3.24. The number of nitrogens with zero attached hydrogens (tertiary/aromatic N) is 1. The molecule has 0 fully saturated rings. The van der Waals surface area contributed by atoms with Crippen LogP contribution in [0, 0.1) is 0 Å². The molecule has 104 valence electrons. The molecule has 0 bridgehead atoms. The lowest BCUT2D eigenvalue weighted by Crippen LogP contribution is -2.39. The van der Waals surface area contributed by atoms with Crippen molar-refractivity contribution in [3.05, 3.63) is 23.8 Å². The topological polar surface area (TPSA) is 61.8 Å². The normalized spacial score (nSPS) is 14.2. The Hall–Kier alpha value is -1.59. The summed E-state index contributed by atoms with van der Waals surface area (Å²) in [6, 6.07) is 5.94. The van der Waals surface area contributed by atoms with E-state index in [-0.39, 0.29) is 19.1 Å². The third-order valence-corrected chi connectivity index (χ3v) is 3.17. The monoisotopic (exact) mass is 264 g/mol. The van der Waals surface area contributed by atoms with Crippen LogP contribution < -0.4 is 15.0 Å². The van der Waals surface area contributed by atoms with Crippen LogP contribution in [-0.4, -0.2) is 44.4 Å². The summed E-state index contributed by atoms with van der Waals surface area (Å²) in [6.45, 7) is 1.58. The molecular weight excluding hydrogens is 244 g/mol. The highest BCUT2D eigenvalue weighted by atomic mass is 16.5. The molecule has 1 aromatic rings. The summed E-state index contributed by atoms with van der Waals surface area (Å²) in [7, 11) is 1.92. The predicted octanol–water partition coefficient (Wildman–Crippen LogP) is 0.556. The SMILES string of the molecule is CNCCc1ccc2c(c1)N(CCCO)C(=O)CO2. The van der Waals surface area contributed by atoms with E-state index in [0.29, 0.717) is 13.0 Å². The zero-order chi connectivity index (χ0) is 13.7. The molecule has 0 radical (unpaired) electrons. The molecule has 0 saturated carbocycles. The summed E-state index contributed by atoms with van der Waals surface area (Å²) < 4.78 is 5.44. The fourth-order valence-corrected chi connectivity index (χ4v) is 2.15. The first kappa shape index (κ1) is 13.8. The second-order valence-electron chi connectivity index (χ2n) is 4.57. The van der Waals surface area contributed by atoms with E-state index in [1.165, 1.54) is 5.56 Å². The zero-order valence-electron chi connectivity index (χ0n) is 11.2. The van der Waals surface area contributed by atoms with Crippen LogP contribution in [0.1, 0.15) is 12.0 Å². The molecule has 5 nitrogen and oxygen atoms in total. The van der Waals surface area contributed by atoms with Gasteiger partial charge < -0.3 is 20.1 Å². The Morgan fingerprint density at radius 1 is 1.47 bits per heavy atom. The predicted molar refractivity (Wildman–Crippen MR) is 73.6 cm³/mol. The molecule has 1 aromatic carbocycles. The van der Waals surface area contributed by atoms with E-state index < -0.39 is 0 Å². The first-order valence-corrected chi connectivity index (χ1v) is 6.58. The summed E-state index contributed by atoms with van der Waals surface area (Å²) in [4.78, 5) is 13.6. The van der Waals surface area contributed by atoms with E-state index in [1.54, 1.807) is 4.90 Å². The fraction of sp³-hybridized carbons (Fsp3) is 0.500. The highest BCUT2D eigenvalue weighted by molar-refractivity contribution is 5.97. The number of benzene rings is 1. The highest BCUT2D eigenvalue weighted by Gasteiger charge is 2.25. The van der Waals surface area contributed by atoms with Crippen LogP contribution in [0.2, 0.25) is 0 Å². The molecule has 2 N–H and O–H groups in total. The molecule has 1 aliphatic rings. The number of hydrogen-bond acceptors (Lipinski definition) is 4. The maximum absolute atomic E-state index is 11.9. The number of amides is 1. The molecule has 1 amide bonds. The Labute approximate surface area is 113 Å². The van der Waals surface area contributed by atoms with E-state index in [2.05, 4.69) is 5.32 Å². The van der Waals surface area contributed by atoms with E-state index >= 15 is 0 Å². The molecule has 0 atom stereocenters. The van der Waals surface area contributed by atoms with Gasteiger partial charge >= 0.3 is 0 Å². The van der Waals surface area contributed by atoms with Gasteiger partial charge in [0.05, 0.1) is 5.69 Å². The number of nitrogens with one attached hydrogen (secondary N) is 1. The minimum Gasteiger partial charge on any atom is -0.482 e. The number of carbonyl (C=O) groups excluding carboxylic acids is 1. The minimum absolute atomic E-state index is 0.0493. The second kappa shape index (κ2) is 6.54. The molecule has 1 heterocycles. The van der Waals surface area contributed by atoms with Crippen molar-refractivity contribution < 1.29 is 14.6 Å². The molecule has 5 heteroatoms. The van der Waals surface area contributed by atoms with Gasteiger partial charge in [0, 0.05) is 13.2 Å². The molecular formula is C14H20N2O3. The number of aliphatic hydroxyl groups excluding tert-OH is 1. The smallest absolute Gasteiger partial charge is 0.265 e. The summed E-state index contributed by atoms with van der Waals surface area (Å²) in [5.74, 6) is 0.692. The Balaban J connectivity index is 2.22. The van der Waals surface area contributed by atoms with Crippen LogP contribution in [0.15, 0.2) is 18.2 Å². The molecule has 0 aliphatic carbocycles. The van der Waals surface area contributed by atoms with E-state index in [1.807, 2.05) is 25.2 Å². The largest absolute Gasteiger partial charge is 0.482 e. The van der Waals surface area contributed by atoms with Gasteiger partial charge in [0.2, 0.25) is 0 Å². The molecule has 0 aromatic heterocycles. The quantitative estimate of drug-likeness (QED) is 0.788. The highest BCUT2D eigenvalue weighted by Crippen LogP contribution is 2.33. The van der Waals surface area contributed by atoms with Crippen molar-refractivity contribution in [3.63, 3.8) is 0 Å². The average molecular weight is 264 g/mol. The van der Waals surface area contributed by atoms with Crippen molar-refractivity contribution in [2.45, 2.75) is 12.8 Å². The third-order valence-electron chi connectivity index (χ3n) is 3.17. The fourth-order valence-electron chi connectivity index (χ4n) is 2.15. The van der Waals surface area contributed by atoms with Gasteiger partial charge in [-0.15, -0.1) is 0 Å². The van der Waals surface area contributed by atoms with Gasteiger partial charge in [-0.1, -0.05) is 6.07 Å². The molecule has 0 unspecified atom stereocenters. The Morgan fingerprint density at radius 3 is 3.05 bits per heavy atom. The maximum atomic E-state index is 11.9. The van der Waals surface area contributed by atoms with Crippen LogP contribution in [-0.2, 0) is 11.2 Å². The summed E-state index contributed by atoms with van der Waals surface area (Å²) in [5, 5.41) is 12.0. The number of ether oxygens (including phenoxy) is 1. The van der Waals surface area contributed by atoms with Crippen molar-refractivity contribution in [2.24, 2.45) is 0 Å².